The van der Waals surface area contributed by atoms with E-state index in [1.807, 2.05) is 43.4 Å². The van der Waals surface area contributed by atoms with Crippen LogP contribution in [0, 0.1) is 0 Å². The molecule has 0 saturated carbocycles. The Morgan fingerprint density at radius 2 is 1.61 bits per heavy atom. The summed E-state index contributed by atoms with van der Waals surface area (Å²) >= 11 is 0. The van der Waals surface area contributed by atoms with Crippen molar-refractivity contribution in [3.63, 3.8) is 0 Å². The van der Waals surface area contributed by atoms with Crippen molar-refractivity contribution in [2.45, 2.75) is 25.2 Å². The Labute approximate surface area is 197 Å². The van der Waals surface area contributed by atoms with Crippen LogP contribution in [0.15, 0.2) is 54.7 Å². The molecular formula is C27H34N4O2. The first-order valence-corrected chi connectivity index (χ1v) is 11.6. The average Bonchev–Trinajstić information content (AvgIpc) is 2.87. The molecular weight excluding hydrogens is 412 g/mol. The first-order chi connectivity index (χ1) is 16.1. The number of rotatable bonds is 8. The number of aromatic nitrogens is 2. The Balaban J connectivity index is 1.58. The molecule has 0 spiro atoms. The van der Waals surface area contributed by atoms with Crippen LogP contribution in [0.1, 0.15) is 30.0 Å². The van der Waals surface area contributed by atoms with Crippen LogP contribution in [0.5, 0.6) is 11.5 Å². The Bertz CT molecular complexity index is 1020. The van der Waals surface area contributed by atoms with Gasteiger partial charge in [-0.05, 0) is 50.0 Å². The monoisotopic (exact) mass is 446 g/mol. The fourth-order valence-corrected chi connectivity index (χ4v) is 4.58. The zero-order chi connectivity index (χ0) is 23.2. The molecule has 1 fully saturated rings. The summed E-state index contributed by atoms with van der Waals surface area (Å²) in [5.74, 6) is 2.65. The van der Waals surface area contributed by atoms with Crippen LogP contribution in [-0.2, 0) is 6.42 Å². The molecule has 0 aliphatic carbocycles. The summed E-state index contributed by atoms with van der Waals surface area (Å²) in [6, 6.07) is 16.6. The van der Waals surface area contributed by atoms with Gasteiger partial charge in [-0.25, -0.2) is 9.97 Å². The summed E-state index contributed by atoms with van der Waals surface area (Å²) < 4.78 is 11.4. The van der Waals surface area contributed by atoms with Gasteiger partial charge in [0.2, 0.25) is 5.95 Å². The van der Waals surface area contributed by atoms with Gasteiger partial charge >= 0.3 is 0 Å². The van der Waals surface area contributed by atoms with Gasteiger partial charge in [0.25, 0.3) is 0 Å². The molecule has 1 aromatic heterocycles. The van der Waals surface area contributed by atoms with Crippen molar-refractivity contribution in [3.8, 4) is 22.6 Å². The number of hydrogen-bond acceptors (Lipinski definition) is 6. The first-order valence-electron chi connectivity index (χ1n) is 11.6. The van der Waals surface area contributed by atoms with Gasteiger partial charge in [-0.1, -0.05) is 36.4 Å². The number of benzene rings is 2. The molecule has 2 heterocycles. The van der Waals surface area contributed by atoms with Gasteiger partial charge in [-0.3, -0.25) is 0 Å². The summed E-state index contributed by atoms with van der Waals surface area (Å²) in [4.78, 5) is 14.2. The van der Waals surface area contributed by atoms with Gasteiger partial charge in [0.1, 0.15) is 11.5 Å². The molecule has 1 aliphatic heterocycles. The highest BCUT2D eigenvalue weighted by Crippen LogP contribution is 2.43. The quantitative estimate of drug-likeness (QED) is 0.502. The maximum absolute atomic E-state index is 5.70. The fourth-order valence-electron chi connectivity index (χ4n) is 4.58. The van der Waals surface area contributed by atoms with Gasteiger partial charge in [0.05, 0.1) is 25.5 Å². The van der Waals surface area contributed by atoms with E-state index < -0.39 is 0 Å². The number of methoxy groups -OCH3 is 2. The van der Waals surface area contributed by atoms with E-state index in [1.54, 1.807) is 14.2 Å². The molecule has 0 N–H and O–H groups in total. The second kappa shape index (κ2) is 10.7. The molecule has 2 aromatic carbocycles. The van der Waals surface area contributed by atoms with Crippen LogP contribution in [0.25, 0.3) is 11.1 Å². The van der Waals surface area contributed by atoms with E-state index in [-0.39, 0.29) is 0 Å². The van der Waals surface area contributed by atoms with E-state index >= 15 is 0 Å². The van der Waals surface area contributed by atoms with Crippen LogP contribution in [0.3, 0.4) is 0 Å². The van der Waals surface area contributed by atoms with Crippen molar-refractivity contribution < 1.29 is 9.47 Å². The molecule has 6 heteroatoms. The van der Waals surface area contributed by atoms with E-state index in [2.05, 4.69) is 40.2 Å². The van der Waals surface area contributed by atoms with E-state index in [4.69, 9.17) is 14.5 Å². The fraction of sp³-hybridized carbons (Fsp3) is 0.407. The predicted molar refractivity (Wildman–Crippen MR) is 133 cm³/mol. The number of piperidine rings is 1. The van der Waals surface area contributed by atoms with Gasteiger partial charge in [0, 0.05) is 38.3 Å². The SMILES string of the molecule is COc1cccc(OC)c1-c1cnc(N(C)C)nc1C1CCN(CCc2ccccc2)CC1. The number of hydrogen-bond donors (Lipinski definition) is 0. The largest absolute Gasteiger partial charge is 0.496 e. The Kier molecular flexibility index (Phi) is 7.45. The smallest absolute Gasteiger partial charge is 0.225 e. The Morgan fingerprint density at radius 3 is 2.21 bits per heavy atom. The maximum atomic E-state index is 5.70. The topological polar surface area (TPSA) is 50.7 Å². The third kappa shape index (κ3) is 5.28. The predicted octanol–water partition coefficient (Wildman–Crippen LogP) is 4.65. The number of nitrogens with zero attached hydrogens (tertiary/aromatic N) is 4. The molecule has 3 aromatic rings. The van der Waals surface area contributed by atoms with Crippen LogP contribution in [0.2, 0.25) is 0 Å². The molecule has 1 aliphatic rings. The highest BCUT2D eigenvalue weighted by atomic mass is 16.5. The van der Waals surface area contributed by atoms with Gasteiger partial charge in [-0.15, -0.1) is 0 Å². The summed E-state index contributed by atoms with van der Waals surface area (Å²) in [5, 5.41) is 0. The van der Waals surface area contributed by atoms with Gasteiger partial charge in [0.15, 0.2) is 0 Å². The van der Waals surface area contributed by atoms with E-state index in [0.717, 1.165) is 73.2 Å². The summed E-state index contributed by atoms with van der Waals surface area (Å²) in [7, 11) is 7.35. The molecule has 33 heavy (non-hydrogen) atoms. The summed E-state index contributed by atoms with van der Waals surface area (Å²) in [5.41, 5.74) is 4.41. The molecule has 0 bridgehead atoms. The second-order valence-corrected chi connectivity index (χ2v) is 8.75. The minimum absolute atomic E-state index is 0.365. The average molecular weight is 447 g/mol. The first kappa shape index (κ1) is 23.1. The van der Waals surface area contributed by atoms with Crippen molar-refractivity contribution >= 4 is 5.95 Å². The normalized spacial score (nSPS) is 14.8. The van der Waals surface area contributed by atoms with Crippen molar-refractivity contribution in [2.24, 2.45) is 0 Å². The van der Waals surface area contributed by atoms with Crippen molar-refractivity contribution in [1.82, 2.24) is 14.9 Å². The zero-order valence-electron chi connectivity index (χ0n) is 20.1. The number of ether oxygens (including phenoxy) is 2. The molecule has 0 amide bonds. The lowest BCUT2D eigenvalue weighted by atomic mass is 9.88. The van der Waals surface area contributed by atoms with Crippen molar-refractivity contribution in [2.75, 3.05) is 52.8 Å². The maximum Gasteiger partial charge on any atom is 0.225 e. The van der Waals surface area contributed by atoms with Crippen LogP contribution >= 0.6 is 0 Å². The molecule has 6 nitrogen and oxygen atoms in total. The van der Waals surface area contributed by atoms with Gasteiger partial charge in [-0.2, -0.15) is 0 Å². The van der Waals surface area contributed by atoms with Crippen LogP contribution < -0.4 is 14.4 Å². The highest BCUT2D eigenvalue weighted by molar-refractivity contribution is 5.78. The molecule has 174 valence electrons. The van der Waals surface area contributed by atoms with E-state index in [9.17, 15) is 0 Å². The minimum atomic E-state index is 0.365. The lowest BCUT2D eigenvalue weighted by Crippen LogP contribution is -2.35. The zero-order valence-corrected chi connectivity index (χ0v) is 20.1. The Morgan fingerprint density at radius 1 is 0.939 bits per heavy atom. The third-order valence-corrected chi connectivity index (χ3v) is 6.44. The molecule has 0 radical (unpaired) electrons. The summed E-state index contributed by atoms with van der Waals surface area (Å²) in [6.07, 6.45) is 5.17. The molecule has 0 atom stereocenters. The lowest BCUT2D eigenvalue weighted by Gasteiger charge is -2.33. The van der Waals surface area contributed by atoms with E-state index in [0.29, 0.717) is 5.92 Å². The van der Waals surface area contributed by atoms with Crippen LogP contribution in [0.4, 0.5) is 5.95 Å². The Hall–Kier alpha value is -3.12. The van der Waals surface area contributed by atoms with E-state index in [1.165, 1.54) is 5.56 Å². The minimum Gasteiger partial charge on any atom is -0.496 e. The summed E-state index contributed by atoms with van der Waals surface area (Å²) in [6.45, 7) is 3.24. The molecule has 1 saturated heterocycles. The molecule has 0 unspecified atom stereocenters. The third-order valence-electron chi connectivity index (χ3n) is 6.44. The lowest BCUT2D eigenvalue weighted by molar-refractivity contribution is 0.213. The number of likely N-dealkylation sites (tertiary alicyclic amines) is 1. The van der Waals surface area contributed by atoms with Crippen molar-refractivity contribution in [1.29, 1.82) is 0 Å². The number of anilines is 1. The van der Waals surface area contributed by atoms with Crippen molar-refractivity contribution in [3.05, 3.63) is 66.0 Å². The van der Waals surface area contributed by atoms with Gasteiger partial charge < -0.3 is 19.3 Å². The van der Waals surface area contributed by atoms with Crippen LogP contribution in [-0.4, -0.2) is 62.8 Å². The molecule has 4 rings (SSSR count). The standard InChI is InChI=1S/C27H34N4O2/c1-30(2)27-28-19-22(25-23(32-3)11-8-12-24(25)33-4)26(29-27)21-14-17-31(18-15-21)16-13-20-9-6-5-7-10-20/h5-12,19,21H,13-18H2,1-4H3. The highest BCUT2D eigenvalue weighted by Gasteiger charge is 2.27. The second-order valence-electron chi connectivity index (χ2n) is 8.75.